The van der Waals surface area contributed by atoms with Gasteiger partial charge in [0, 0.05) is 13.1 Å². The SMILES string of the molecule is CCCc1cccc(CN2CCCCC[C@](O)(C(F)(F)F)c3nnc(o3)-c3nc(c(C(F)(F)F)cc3N)C2=O)c1. The topological polar surface area (TPSA) is 118 Å². The van der Waals surface area contributed by atoms with Gasteiger partial charge in [-0.25, -0.2) is 4.98 Å². The number of benzene rings is 1. The zero-order valence-corrected chi connectivity index (χ0v) is 21.4. The predicted octanol–water partition coefficient (Wildman–Crippen LogP) is 5.65. The highest BCUT2D eigenvalue weighted by molar-refractivity contribution is 5.95. The van der Waals surface area contributed by atoms with Crippen LogP contribution in [0.5, 0.6) is 0 Å². The average molecular weight is 572 g/mol. The van der Waals surface area contributed by atoms with Crippen LogP contribution in [0.1, 0.15) is 72.1 Å². The van der Waals surface area contributed by atoms with Gasteiger partial charge in [-0.1, -0.05) is 44.0 Å². The Bertz CT molecular complexity index is 1370. The maximum Gasteiger partial charge on any atom is 0.426 e. The van der Waals surface area contributed by atoms with Crippen LogP contribution in [-0.2, 0) is 24.7 Å². The van der Waals surface area contributed by atoms with Gasteiger partial charge in [-0.05, 0) is 42.9 Å². The molecule has 3 N–H and O–H groups in total. The Morgan fingerprint density at radius 2 is 1.77 bits per heavy atom. The number of nitrogens with two attached hydrogens (primary N) is 1. The number of anilines is 1. The Morgan fingerprint density at radius 3 is 2.45 bits per heavy atom. The molecular weight excluding hydrogens is 544 g/mol. The van der Waals surface area contributed by atoms with Gasteiger partial charge in [0.05, 0.1) is 11.3 Å². The number of hydrogen-bond acceptors (Lipinski definition) is 7. The van der Waals surface area contributed by atoms with Gasteiger partial charge in [0.15, 0.2) is 5.69 Å². The third kappa shape index (κ3) is 5.91. The molecule has 0 saturated heterocycles. The Hall–Kier alpha value is -3.68. The van der Waals surface area contributed by atoms with Crippen LogP contribution in [0.4, 0.5) is 32.0 Å². The second kappa shape index (κ2) is 11.1. The quantitative estimate of drug-likeness (QED) is 0.389. The second-order valence-corrected chi connectivity index (χ2v) is 9.70. The lowest BCUT2D eigenvalue weighted by Gasteiger charge is -2.28. The van der Waals surface area contributed by atoms with E-state index in [0.29, 0.717) is 11.6 Å². The first-order chi connectivity index (χ1) is 18.7. The van der Waals surface area contributed by atoms with Gasteiger partial charge in [-0.2, -0.15) is 26.3 Å². The van der Waals surface area contributed by atoms with Crippen LogP contribution in [0.15, 0.2) is 34.7 Å². The summed E-state index contributed by atoms with van der Waals surface area (Å²) in [4.78, 5) is 18.6. The van der Waals surface area contributed by atoms with Crippen LogP contribution >= 0.6 is 0 Å². The molecule has 216 valence electrons. The summed E-state index contributed by atoms with van der Waals surface area (Å²) in [5.41, 5.74) is 0.233. The van der Waals surface area contributed by atoms with Crippen molar-refractivity contribution in [3.8, 4) is 11.6 Å². The van der Waals surface area contributed by atoms with Crippen molar-refractivity contribution >= 4 is 11.6 Å². The average Bonchev–Trinajstić information content (AvgIpc) is 3.36. The van der Waals surface area contributed by atoms with Crippen LogP contribution in [0.3, 0.4) is 0 Å². The molecule has 0 radical (unpaired) electrons. The molecule has 1 aliphatic rings. The lowest BCUT2D eigenvalue weighted by Crippen LogP contribution is -2.42. The minimum atomic E-state index is -5.19. The van der Waals surface area contributed by atoms with E-state index in [1.807, 2.05) is 19.1 Å². The molecule has 14 heteroatoms. The number of alkyl halides is 6. The predicted molar refractivity (Wildman–Crippen MR) is 131 cm³/mol. The minimum Gasteiger partial charge on any atom is -0.416 e. The van der Waals surface area contributed by atoms with E-state index >= 15 is 0 Å². The van der Waals surface area contributed by atoms with Crippen molar-refractivity contribution in [2.24, 2.45) is 0 Å². The monoisotopic (exact) mass is 571 g/mol. The van der Waals surface area contributed by atoms with Gasteiger partial charge in [0.2, 0.25) is 5.60 Å². The van der Waals surface area contributed by atoms with E-state index in [4.69, 9.17) is 10.2 Å². The fourth-order valence-corrected chi connectivity index (χ4v) is 4.59. The van der Waals surface area contributed by atoms with E-state index in [2.05, 4.69) is 15.2 Å². The molecule has 4 rings (SSSR count). The number of amides is 1. The molecule has 1 atom stereocenters. The Balaban J connectivity index is 1.85. The van der Waals surface area contributed by atoms with Crippen molar-refractivity contribution in [2.75, 3.05) is 12.3 Å². The highest BCUT2D eigenvalue weighted by Gasteiger charge is 2.58. The van der Waals surface area contributed by atoms with E-state index in [1.165, 1.54) is 4.90 Å². The molecule has 0 saturated carbocycles. The maximum absolute atomic E-state index is 14.0. The smallest absolute Gasteiger partial charge is 0.416 e. The molecule has 3 aromatic rings. The third-order valence-corrected chi connectivity index (χ3v) is 6.67. The number of aromatic nitrogens is 3. The lowest BCUT2D eigenvalue weighted by molar-refractivity contribution is -0.277. The first-order valence-electron chi connectivity index (χ1n) is 12.6. The van der Waals surface area contributed by atoms with Gasteiger partial charge in [-0.15, -0.1) is 10.2 Å². The lowest BCUT2D eigenvalue weighted by atomic mass is 9.95. The number of nitrogens with zero attached hydrogens (tertiary/aromatic N) is 4. The van der Waals surface area contributed by atoms with Crippen LogP contribution in [-0.4, -0.2) is 43.8 Å². The number of halogens is 6. The van der Waals surface area contributed by atoms with Crippen molar-refractivity contribution in [3.63, 3.8) is 0 Å². The molecule has 0 spiro atoms. The van der Waals surface area contributed by atoms with E-state index in [-0.39, 0.29) is 32.4 Å². The summed E-state index contributed by atoms with van der Waals surface area (Å²) in [6.07, 6.45) is -9.30. The van der Waals surface area contributed by atoms with Gasteiger partial charge in [-0.3, -0.25) is 4.79 Å². The van der Waals surface area contributed by atoms with E-state index in [0.717, 1.165) is 18.4 Å². The summed E-state index contributed by atoms with van der Waals surface area (Å²) in [5.74, 6) is -3.01. The Kier molecular flexibility index (Phi) is 8.11. The molecule has 0 unspecified atom stereocenters. The van der Waals surface area contributed by atoms with E-state index < -0.39 is 64.7 Å². The third-order valence-electron chi connectivity index (χ3n) is 6.67. The van der Waals surface area contributed by atoms with Crippen molar-refractivity contribution < 1.29 is 40.7 Å². The highest BCUT2D eigenvalue weighted by atomic mass is 19.4. The zero-order valence-electron chi connectivity index (χ0n) is 21.4. The second-order valence-electron chi connectivity index (χ2n) is 9.70. The molecule has 2 aromatic heterocycles. The van der Waals surface area contributed by atoms with Crippen LogP contribution < -0.4 is 5.73 Å². The number of fused-ring (bicyclic) bond motifs is 5. The number of aliphatic hydroxyl groups is 1. The number of aryl methyl sites for hydroxylation is 1. The van der Waals surface area contributed by atoms with Gasteiger partial charge < -0.3 is 20.2 Å². The summed E-state index contributed by atoms with van der Waals surface area (Å²) in [5, 5.41) is 17.3. The standard InChI is InChI=1S/C26H27F6N5O3/c1-2-7-15-8-6-9-16(12-15)14-37-11-5-3-4-10-24(39,26(30,31)32)23-36-35-21(40-23)20-18(33)13-17(25(27,28)29)19(34-20)22(37)38/h6,8-9,12-13,39H,2-5,7,10-11,14,33H2,1H3/t24-/m1/s1. The number of pyridine rings is 1. The summed E-state index contributed by atoms with van der Waals surface area (Å²) >= 11 is 0. The fourth-order valence-electron chi connectivity index (χ4n) is 4.59. The molecular formula is C26H27F6N5O3. The van der Waals surface area contributed by atoms with E-state index in [1.54, 1.807) is 12.1 Å². The number of nitrogen functional groups attached to an aromatic ring is 1. The van der Waals surface area contributed by atoms with Gasteiger partial charge in [0.25, 0.3) is 17.7 Å². The Morgan fingerprint density at radius 1 is 1.05 bits per heavy atom. The largest absolute Gasteiger partial charge is 0.426 e. The molecule has 8 nitrogen and oxygen atoms in total. The number of carbonyl (C=O) groups is 1. The number of carbonyl (C=O) groups excluding carboxylic acids is 1. The van der Waals surface area contributed by atoms with Crippen molar-refractivity contribution in [1.29, 1.82) is 0 Å². The maximum atomic E-state index is 14.0. The van der Waals surface area contributed by atoms with Crippen molar-refractivity contribution in [3.05, 3.63) is 58.6 Å². The van der Waals surface area contributed by atoms with Crippen LogP contribution in [0.25, 0.3) is 11.6 Å². The van der Waals surface area contributed by atoms with E-state index in [9.17, 15) is 36.2 Å². The molecule has 1 aliphatic heterocycles. The van der Waals surface area contributed by atoms with Crippen molar-refractivity contribution in [2.45, 2.75) is 69.9 Å². The summed E-state index contributed by atoms with van der Waals surface area (Å²) in [6.45, 7) is 1.86. The number of hydrogen-bond donors (Lipinski definition) is 2. The highest BCUT2D eigenvalue weighted by Crippen LogP contribution is 2.43. The minimum absolute atomic E-state index is 0.0632. The molecule has 3 heterocycles. The van der Waals surface area contributed by atoms with Gasteiger partial charge >= 0.3 is 12.4 Å². The Labute approximate surface area is 225 Å². The summed E-state index contributed by atoms with van der Waals surface area (Å²) in [7, 11) is 0. The first-order valence-corrected chi connectivity index (χ1v) is 12.6. The number of rotatable bonds is 4. The van der Waals surface area contributed by atoms with Crippen LogP contribution in [0.2, 0.25) is 0 Å². The van der Waals surface area contributed by atoms with Crippen molar-refractivity contribution in [1.82, 2.24) is 20.1 Å². The molecule has 1 amide bonds. The molecule has 4 bridgehead atoms. The van der Waals surface area contributed by atoms with Crippen LogP contribution in [0, 0.1) is 0 Å². The van der Waals surface area contributed by atoms with Gasteiger partial charge in [0.1, 0.15) is 5.69 Å². The first kappa shape index (κ1) is 29.3. The normalized spacial score (nSPS) is 19.0. The zero-order chi connectivity index (χ0) is 29.3. The molecule has 40 heavy (non-hydrogen) atoms. The molecule has 0 fully saturated rings. The molecule has 1 aromatic carbocycles. The summed E-state index contributed by atoms with van der Waals surface area (Å²) in [6, 6.07) is 7.71. The molecule has 0 aliphatic carbocycles. The fraction of sp³-hybridized carbons (Fsp3) is 0.462. The summed E-state index contributed by atoms with van der Waals surface area (Å²) < 4.78 is 88.8.